The molecular weight excluding hydrogens is 268 g/mol. The fraction of sp³-hybridized carbons (Fsp3) is 0.182. The predicted molar refractivity (Wildman–Crippen MR) is 61.2 cm³/mol. The number of rotatable bonds is 2. The van der Waals surface area contributed by atoms with Crippen molar-refractivity contribution >= 4 is 12.6 Å². The van der Waals surface area contributed by atoms with Gasteiger partial charge in [0.25, 0.3) is 0 Å². The van der Waals surface area contributed by atoms with Crippen LogP contribution in [-0.2, 0) is 11.9 Å². The van der Waals surface area contributed by atoms with E-state index >= 15 is 0 Å². The molecule has 0 atom stereocenters. The van der Waals surface area contributed by atoms with E-state index in [1.807, 2.05) is 0 Å². The van der Waals surface area contributed by atoms with Gasteiger partial charge in [0, 0.05) is 11.3 Å². The highest BCUT2D eigenvalue weighted by molar-refractivity contribution is 7.79. The molecule has 1 heterocycles. The maximum absolute atomic E-state index is 13.0. The van der Waals surface area contributed by atoms with Crippen molar-refractivity contribution in [1.29, 1.82) is 0 Å². The average Bonchev–Trinajstić information content (AvgIpc) is 2.72. The van der Waals surface area contributed by atoms with Gasteiger partial charge in [0.15, 0.2) is 5.69 Å². The molecule has 0 aliphatic carbocycles. The highest BCUT2D eigenvalue weighted by Crippen LogP contribution is 2.34. The van der Waals surface area contributed by atoms with Crippen molar-refractivity contribution in [2.24, 2.45) is 0 Å². The van der Waals surface area contributed by atoms with Crippen LogP contribution >= 0.6 is 12.6 Å². The van der Waals surface area contributed by atoms with Crippen LogP contribution in [0.25, 0.3) is 5.69 Å². The second-order valence-electron chi connectivity index (χ2n) is 3.57. The highest BCUT2D eigenvalue weighted by Gasteiger charge is 2.38. The molecule has 0 aliphatic rings. The number of halogens is 4. The van der Waals surface area contributed by atoms with E-state index in [0.717, 1.165) is 18.3 Å². The Balaban J connectivity index is 2.62. The van der Waals surface area contributed by atoms with E-state index in [1.165, 1.54) is 12.1 Å². The SMILES string of the molecule is Fc1cccc(-n2ncc(CS)c2C(F)(F)F)c1. The number of thiol groups is 1. The Kier molecular flexibility index (Phi) is 3.34. The summed E-state index contributed by atoms with van der Waals surface area (Å²) in [5.41, 5.74) is -0.950. The highest BCUT2D eigenvalue weighted by atomic mass is 32.1. The van der Waals surface area contributed by atoms with Crippen LogP contribution < -0.4 is 0 Å². The van der Waals surface area contributed by atoms with Crippen molar-refractivity contribution in [2.75, 3.05) is 0 Å². The molecule has 0 spiro atoms. The van der Waals surface area contributed by atoms with Gasteiger partial charge in [0.2, 0.25) is 0 Å². The van der Waals surface area contributed by atoms with Crippen LogP contribution in [0.1, 0.15) is 11.3 Å². The van der Waals surface area contributed by atoms with E-state index in [2.05, 4.69) is 17.7 Å². The molecule has 96 valence electrons. The number of benzene rings is 1. The lowest BCUT2D eigenvalue weighted by Crippen LogP contribution is -2.15. The van der Waals surface area contributed by atoms with E-state index in [-0.39, 0.29) is 17.0 Å². The lowest BCUT2D eigenvalue weighted by Gasteiger charge is -2.12. The topological polar surface area (TPSA) is 17.8 Å². The van der Waals surface area contributed by atoms with Gasteiger partial charge in [-0.1, -0.05) is 6.07 Å². The van der Waals surface area contributed by atoms with Crippen molar-refractivity contribution in [2.45, 2.75) is 11.9 Å². The second-order valence-corrected chi connectivity index (χ2v) is 3.88. The van der Waals surface area contributed by atoms with E-state index in [1.54, 1.807) is 0 Å². The minimum absolute atomic E-state index is 0.0235. The quantitative estimate of drug-likeness (QED) is 0.657. The second kappa shape index (κ2) is 4.64. The van der Waals surface area contributed by atoms with Crippen LogP contribution in [0, 0.1) is 5.82 Å². The normalized spacial score (nSPS) is 11.8. The molecule has 0 amide bonds. The summed E-state index contributed by atoms with van der Waals surface area (Å²) in [5.74, 6) is -0.715. The van der Waals surface area contributed by atoms with Gasteiger partial charge in [-0.3, -0.25) is 0 Å². The lowest BCUT2D eigenvalue weighted by atomic mass is 10.2. The van der Waals surface area contributed by atoms with Crippen LogP contribution in [-0.4, -0.2) is 9.78 Å². The number of hydrogen-bond donors (Lipinski definition) is 1. The summed E-state index contributed by atoms with van der Waals surface area (Å²) < 4.78 is 52.5. The molecule has 0 saturated carbocycles. The van der Waals surface area contributed by atoms with Gasteiger partial charge >= 0.3 is 6.18 Å². The molecule has 2 nitrogen and oxygen atoms in total. The van der Waals surface area contributed by atoms with Crippen LogP contribution in [0.5, 0.6) is 0 Å². The van der Waals surface area contributed by atoms with Crippen LogP contribution in [0.2, 0.25) is 0 Å². The fourth-order valence-corrected chi connectivity index (χ4v) is 1.84. The Bertz CT molecular complexity index is 562. The van der Waals surface area contributed by atoms with E-state index in [9.17, 15) is 17.6 Å². The molecule has 0 saturated heterocycles. The first-order valence-corrected chi connectivity index (χ1v) is 5.57. The Labute approximate surface area is 106 Å². The van der Waals surface area contributed by atoms with Gasteiger partial charge in [-0.05, 0) is 18.2 Å². The summed E-state index contributed by atoms with van der Waals surface area (Å²) in [4.78, 5) is 0. The Morgan fingerprint density at radius 1 is 1.28 bits per heavy atom. The first kappa shape index (κ1) is 12.9. The summed E-state index contributed by atoms with van der Waals surface area (Å²) in [6.07, 6.45) is -3.48. The largest absolute Gasteiger partial charge is 0.433 e. The van der Waals surface area contributed by atoms with Crippen LogP contribution in [0.3, 0.4) is 0 Å². The van der Waals surface area contributed by atoms with Crippen molar-refractivity contribution in [3.63, 3.8) is 0 Å². The first-order chi connectivity index (χ1) is 8.43. The summed E-state index contributed by atoms with van der Waals surface area (Å²) in [6, 6.07) is 4.82. The Hall–Kier alpha value is -1.50. The molecule has 1 aromatic heterocycles. The third kappa shape index (κ3) is 2.35. The smallest absolute Gasteiger partial charge is 0.228 e. The zero-order chi connectivity index (χ0) is 13.3. The van der Waals surface area contributed by atoms with Gasteiger partial charge in [0.05, 0.1) is 11.9 Å². The summed E-state index contributed by atoms with van der Waals surface area (Å²) in [5, 5.41) is 3.65. The molecule has 18 heavy (non-hydrogen) atoms. The number of aromatic nitrogens is 2. The minimum atomic E-state index is -4.57. The predicted octanol–water partition coefficient (Wildman–Crippen LogP) is 3.46. The maximum Gasteiger partial charge on any atom is 0.433 e. The van der Waals surface area contributed by atoms with Crippen LogP contribution in [0.4, 0.5) is 17.6 Å². The fourth-order valence-electron chi connectivity index (χ4n) is 1.60. The van der Waals surface area contributed by atoms with Gasteiger partial charge in [-0.15, -0.1) is 0 Å². The zero-order valence-electron chi connectivity index (χ0n) is 8.95. The molecule has 7 heteroatoms. The van der Waals surface area contributed by atoms with E-state index < -0.39 is 17.7 Å². The summed E-state index contributed by atoms with van der Waals surface area (Å²) >= 11 is 3.83. The molecule has 0 bridgehead atoms. The van der Waals surface area contributed by atoms with Crippen molar-refractivity contribution < 1.29 is 17.6 Å². The van der Waals surface area contributed by atoms with Crippen molar-refractivity contribution in [1.82, 2.24) is 9.78 Å². The van der Waals surface area contributed by atoms with Crippen LogP contribution in [0.15, 0.2) is 30.5 Å². The maximum atomic E-state index is 13.0. The average molecular weight is 276 g/mol. The summed E-state index contributed by atoms with van der Waals surface area (Å²) in [6.45, 7) is 0. The molecule has 0 radical (unpaired) electrons. The van der Waals surface area contributed by atoms with Crippen molar-refractivity contribution in [3.05, 3.63) is 47.5 Å². The zero-order valence-corrected chi connectivity index (χ0v) is 9.84. The minimum Gasteiger partial charge on any atom is -0.228 e. The van der Waals surface area contributed by atoms with Gasteiger partial charge in [-0.25, -0.2) is 9.07 Å². The molecule has 2 rings (SSSR count). The molecule has 2 aromatic rings. The summed E-state index contributed by atoms with van der Waals surface area (Å²) in [7, 11) is 0. The molecule has 0 fully saturated rings. The standard InChI is InChI=1S/C11H8F4N2S/c12-8-2-1-3-9(4-8)17-10(11(13,14)15)7(6-18)5-16-17/h1-5,18H,6H2. The molecule has 0 aliphatic heterocycles. The van der Waals surface area contributed by atoms with Crippen molar-refractivity contribution in [3.8, 4) is 5.69 Å². The number of alkyl halides is 3. The molecule has 0 N–H and O–H groups in total. The third-order valence-electron chi connectivity index (χ3n) is 2.34. The number of hydrogen-bond acceptors (Lipinski definition) is 2. The van der Waals surface area contributed by atoms with Gasteiger partial charge < -0.3 is 0 Å². The van der Waals surface area contributed by atoms with Gasteiger partial charge in [-0.2, -0.15) is 30.9 Å². The monoisotopic (exact) mass is 276 g/mol. The van der Waals surface area contributed by atoms with Gasteiger partial charge in [0.1, 0.15) is 5.82 Å². The first-order valence-electron chi connectivity index (χ1n) is 4.94. The Morgan fingerprint density at radius 2 is 2.00 bits per heavy atom. The Morgan fingerprint density at radius 3 is 2.56 bits per heavy atom. The molecule has 1 aromatic carbocycles. The number of nitrogens with zero attached hydrogens (tertiary/aromatic N) is 2. The third-order valence-corrected chi connectivity index (χ3v) is 2.68. The van der Waals surface area contributed by atoms with E-state index in [0.29, 0.717) is 4.68 Å². The van der Waals surface area contributed by atoms with E-state index in [4.69, 9.17) is 0 Å². The molecular formula is C11H8F4N2S. The lowest BCUT2D eigenvalue weighted by molar-refractivity contribution is -0.143. The molecule has 0 unspecified atom stereocenters.